The number of hydrogen-bond donors (Lipinski definition) is 2. The van der Waals surface area contributed by atoms with Crippen LogP contribution in [0.1, 0.15) is 25.3 Å². The molecule has 116 valence electrons. The van der Waals surface area contributed by atoms with Gasteiger partial charge in [0.25, 0.3) is 0 Å². The van der Waals surface area contributed by atoms with Gasteiger partial charge in [0.15, 0.2) is 0 Å². The van der Waals surface area contributed by atoms with Crippen LogP contribution in [0.2, 0.25) is 0 Å². The lowest BCUT2D eigenvalue weighted by Gasteiger charge is -2.13. The van der Waals surface area contributed by atoms with E-state index in [0.717, 1.165) is 37.0 Å². The van der Waals surface area contributed by atoms with E-state index in [1.165, 1.54) is 11.1 Å². The molecule has 0 atom stereocenters. The number of fused-ring (bicyclic) bond motifs is 1. The molecule has 0 spiro atoms. The van der Waals surface area contributed by atoms with Crippen LogP contribution < -0.4 is 10.1 Å². The number of rotatable bonds is 4. The summed E-state index contributed by atoms with van der Waals surface area (Å²) >= 11 is 0. The molecule has 1 aliphatic rings. The van der Waals surface area contributed by atoms with Gasteiger partial charge in [-0.25, -0.2) is 4.98 Å². The lowest BCUT2D eigenvalue weighted by atomic mass is 10.0. The lowest BCUT2D eigenvalue weighted by Crippen LogP contribution is -2.19. The molecule has 3 rings (SSSR count). The second-order valence-corrected chi connectivity index (χ2v) is 4.78. The minimum atomic E-state index is 0. The highest BCUT2D eigenvalue weighted by molar-refractivity contribution is 5.90. The zero-order chi connectivity index (χ0) is 13.1. The Kier molecular flexibility index (Phi) is 7.02. The normalized spacial score (nSPS) is 14.0. The van der Waals surface area contributed by atoms with Crippen LogP contribution >= 0.6 is 24.8 Å². The number of hydrogen-bond acceptors (Lipinski definition) is 3. The summed E-state index contributed by atoms with van der Waals surface area (Å²) < 4.78 is 5.62. The van der Waals surface area contributed by atoms with E-state index in [-0.39, 0.29) is 24.8 Å². The highest BCUT2D eigenvalue weighted by atomic mass is 35.5. The topological polar surface area (TPSA) is 49.9 Å². The maximum Gasteiger partial charge on any atom is 0.213 e. The molecule has 0 fully saturated rings. The van der Waals surface area contributed by atoms with E-state index in [4.69, 9.17) is 4.74 Å². The molecule has 1 aliphatic heterocycles. The number of ether oxygens (including phenoxy) is 1. The van der Waals surface area contributed by atoms with E-state index >= 15 is 0 Å². The number of pyridine rings is 1. The smallest absolute Gasteiger partial charge is 0.213 e. The SMILES string of the molecule is CCCOc1ccc2[nH]cc(C3=CCNCC3)c2n1.Cl.Cl. The van der Waals surface area contributed by atoms with Crippen molar-refractivity contribution in [2.45, 2.75) is 19.8 Å². The first-order chi connectivity index (χ1) is 9.38. The Morgan fingerprint density at radius 3 is 2.86 bits per heavy atom. The summed E-state index contributed by atoms with van der Waals surface area (Å²) in [5.41, 5.74) is 4.66. The summed E-state index contributed by atoms with van der Waals surface area (Å²) in [5, 5.41) is 3.33. The second kappa shape index (κ2) is 8.27. The molecule has 0 saturated heterocycles. The van der Waals surface area contributed by atoms with E-state index in [1.807, 2.05) is 12.1 Å². The number of aromatic nitrogens is 2. The molecule has 0 amide bonds. The standard InChI is InChI=1S/C15H19N3O.2ClH/c1-2-9-19-14-4-3-13-15(18-14)12(10-17-13)11-5-7-16-8-6-11;;/h3-5,10,16-17H,2,6-9H2,1H3;2*1H. The van der Waals surface area contributed by atoms with E-state index in [1.54, 1.807) is 0 Å². The third kappa shape index (κ3) is 3.90. The molecule has 2 aromatic heterocycles. The Labute approximate surface area is 137 Å². The zero-order valence-corrected chi connectivity index (χ0v) is 13.6. The molecule has 2 N–H and O–H groups in total. The molecule has 2 aromatic rings. The van der Waals surface area contributed by atoms with Gasteiger partial charge < -0.3 is 15.0 Å². The first kappa shape index (κ1) is 17.8. The summed E-state index contributed by atoms with van der Waals surface area (Å²) in [6.45, 7) is 4.78. The Hall–Kier alpha value is -1.23. The number of nitrogens with zero attached hydrogens (tertiary/aromatic N) is 1. The minimum absolute atomic E-state index is 0. The van der Waals surface area contributed by atoms with Gasteiger partial charge in [0.2, 0.25) is 5.88 Å². The highest BCUT2D eigenvalue weighted by Crippen LogP contribution is 2.28. The maximum absolute atomic E-state index is 5.62. The van der Waals surface area contributed by atoms with Gasteiger partial charge in [-0.2, -0.15) is 0 Å². The highest BCUT2D eigenvalue weighted by Gasteiger charge is 2.12. The van der Waals surface area contributed by atoms with Gasteiger partial charge in [-0.15, -0.1) is 24.8 Å². The van der Waals surface area contributed by atoms with Crippen molar-refractivity contribution in [3.63, 3.8) is 0 Å². The summed E-state index contributed by atoms with van der Waals surface area (Å²) in [5.74, 6) is 0.713. The van der Waals surface area contributed by atoms with E-state index in [0.29, 0.717) is 12.5 Å². The van der Waals surface area contributed by atoms with Gasteiger partial charge in [0, 0.05) is 24.4 Å². The maximum atomic E-state index is 5.62. The van der Waals surface area contributed by atoms with Crippen molar-refractivity contribution in [1.82, 2.24) is 15.3 Å². The van der Waals surface area contributed by atoms with Crippen molar-refractivity contribution in [3.05, 3.63) is 30.0 Å². The quantitative estimate of drug-likeness (QED) is 0.901. The third-order valence-electron chi connectivity index (χ3n) is 3.36. The van der Waals surface area contributed by atoms with Crippen LogP contribution in [0.25, 0.3) is 16.6 Å². The number of aromatic amines is 1. The first-order valence-corrected chi connectivity index (χ1v) is 6.89. The predicted octanol–water partition coefficient (Wildman–Crippen LogP) is 3.57. The molecule has 0 unspecified atom stereocenters. The molecule has 0 aliphatic carbocycles. The molecule has 6 heteroatoms. The Morgan fingerprint density at radius 2 is 2.14 bits per heavy atom. The summed E-state index contributed by atoms with van der Waals surface area (Å²) in [6.07, 6.45) is 6.34. The van der Waals surface area contributed by atoms with Crippen LogP contribution in [0.5, 0.6) is 5.88 Å². The molecule has 0 aromatic carbocycles. The average Bonchev–Trinajstić information content (AvgIpc) is 2.89. The van der Waals surface area contributed by atoms with Crippen molar-refractivity contribution in [3.8, 4) is 5.88 Å². The number of nitrogens with one attached hydrogen (secondary N) is 2. The predicted molar refractivity (Wildman–Crippen MR) is 91.8 cm³/mol. The minimum Gasteiger partial charge on any atom is -0.478 e. The fraction of sp³-hybridized carbons (Fsp3) is 0.400. The van der Waals surface area contributed by atoms with Crippen molar-refractivity contribution in [2.24, 2.45) is 0 Å². The van der Waals surface area contributed by atoms with Gasteiger partial charge in [-0.3, -0.25) is 0 Å². The summed E-state index contributed by atoms with van der Waals surface area (Å²) in [4.78, 5) is 7.92. The van der Waals surface area contributed by atoms with E-state index in [9.17, 15) is 0 Å². The van der Waals surface area contributed by atoms with Crippen molar-refractivity contribution in [2.75, 3.05) is 19.7 Å². The lowest BCUT2D eigenvalue weighted by molar-refractivity contribution is 0.306. The summed E-state index contributed by atoms with van der Waals surface area (Å²) in [6, 6.07) is 3.97. The molecule has 0 bridgehead atoms. The molecular formula is C15H21Cl2N3O. The van der Waals surface area contributed by atoms with Crippen LogP contribution in [-0.4, -0.2) is 29.7 Å². The third-order valence-corrected chi connectivity index (χ3v) is 3.36. The first-order valence-electron chi connectivity index (χ1n) is 6.89. The van der Waals surface area contributed by atoms with Gasteiger partial charge in [-0.1, -0.05) is 13.0 Å². The monoisotopic (exact) mass is 329 g/mol. The Bertz CT molecular complexity index is 610. The fourth-order valence-corrected chi connectivity index (χ4v) is 2.38. The van der Waals surface area contributed by atoms with Crippen molar-refractivity contribution in [1.29, 1.82) is 0 Å². The van der Waals surface area contributed by atoms with Crippen molar-refractivity contribution >= 4 is 41.4 Å². The second-order valence-electron chi connectivity index (χ2n) is 4.78. The van der Waals surface area contributed by atoms with Crippen LogP contribution in [-0.2, 0) is 0 Å². The molecule has 4 nitrogen and oxygen atoms in total. The number of halogens is 2. The fourth-order valence-electron chi connectivity index (χ4n) is 2.38. The van der Waals surface area contributed by atoms with E-state index in [2.05, 4.69) is 34.5 Å². The van der Waals surface area contributed by atoms with Crippen LogP contribution in [0.4, 0.5) is 0 Å². The molecule has 21 heavy (non-hydrogen) atoms. The van der Waals surface area contributed by atoms with E-state index < -0.39 is 0 Å². The van der Waals surface area contributed by atoms with Gasteiger partial charge >= 0.3 is 0 Å². The van der Waals surface area contributed by atoms with Gasteiger partial charge in [0.05, 0.1) is 17.6 Å². The molecular weight excluding hydrogens is 309 g/mol. The average molecular weight is 330 g/mol. The van der Waals surface area contributed by atoms with Gasteiger partial charge in [0.1, 0.15) is 0 Å². The van der Waals surface area contributed by atoms with Crippen LogP contribution in [0, 0.1) is 0 Å². The summed E-state index contributed by atoms with van der Waals surface area (Å²) in [7, 11) is 0. The van der Waals surface area contributed by atoms with Crippen LogP contribution in [0.3, 0.4) is 0 Å². The molecule has 3 heterocycles. The van der Waals surface area contributed by atoms with Gasteiger partial charge in [-0.05, 0) is 31.0 Å². The number of H-pyrrole nitrogens is 1. The van der Waals surface area contributed by atoms with Crippen LogP contribution in [0.15, 0.2) is 24.4 Å². The largest absolute Gasteiger partial charge is 0.478 e. The molecule has 0 radical (unpaired) electrons. The Balaban J connectivity index is 0.00000110. The van der Waals surface area contributed by atoms with Crippen molar-refractivity contribution < 1.29 is 4.74 Å². The zero-order valence-electron chi connectivity index (χ0n) is 12.0. The Morgan fingerprint density at radius 1 is 1.29 bits per heavy atom. The molecule has 0 saturated carbocycles.